The highest BCUT2D eigenvalue weighted by Gasteiger charge is 2.30. The van der Waals surface area contributed by atoms with E-state index in [9.17, 15) is 8.42 Å². The zero-order valence-corrected chi connectivity index (χ0v) is 18.7. The molecule has 2 heterocycles. The summed E-state index contributed by atoms with van der Waals surface area (Å²) in [6.45, 7) is 7.48. The Morgan fingerprint density at radius 1 is 1.24 bits per heavy atom. The van der Waals surface area contributed by atoms with Crippen LogP contribution in [0.4, 0.5) is 0 Å². The molecule has 2 aromatic rings. The number of thiophene rings is 1. The first-order valence-electron chi connectivity index (χ1n) is 10.1. The lowest BCUT2D eigenvalue weighted by Gasteiger charge is -2.40. The molecule has 0 bridgehead atoms. The van der Waals surface area contributed by atoms with Gasteiger partial charge in [-0.25, -0.2) is 18.5 Å². The molecule has 0 aliphatic carbocycles. The van der Waals surface area contributed by atoms with Gasteiger partial charge in [-0.15, -0.1) is 11.3 Å². The van der Waals surface area contributed by atoms with Crippen molar-refractivity contribution in [2.24, 2.45) is 16.0 Å². The lowest BCUT2D eigenvalue weighted by Crippen LogP contribution is -2.48. The maximum atomic E-state index is 11.5. The highest BCUT2D eigenvalue weighted by molar-refractivity contribution is 7.91. The van der Waals surface area contributed by atoms with E-state index in [2.05, 4.69) is 54.4 Å². The fourth-order valence-electron chi connectivity index (χ4n) is 3.95. The molecule has 0 saturated carbocycles. The first-order valence-corrected chi connectivity index (χ1v) is 12.5. The molecule has 1 saturated heterocycles. The number of piperidine rings is 1. The van der Waals surface area contributed by atoms with Crippen molar-refractivity contribution < 1.29 is 8.42 Å². The topological polar surface area (TPSA) is 87.8 Å². The van der Waals surface area contributed by atoms with Gasteiger partial charge in [0, 0.05) is 24.5 Å². The van der Waals surface area contributed by atoms with Crippen LogP contribution in [0, 0.1) is 5.92 Å². The van der Waals surface area contributed by atoms with Gasteiger partial charge in [-0.2, -0.15) is 0 Å². The number of benzene rings is 1. The van der Waals surface area contributed by atoms with E-state index in [0.717, 1.165) is 43.3 Å². The SMILES string of the molecule is CCNC(=NCc1ccc(S(N)(=O)=O)s1)N1CCC(c2ccccc2)C(CC)C1. The maximum absolute atomic E-state index is 11.5. The Hall–Kier alpha value is -1.90. The summed E-state index contributed by atoms with van der Waals surface area (Å²) >= 11 is 1.18. The number of likely N-dealkylation sites (tertiary alicyclic amines) is 1. The van der Waals surface area contributed by atoms with Gasteiger partial charge in [0.05, 0.1) is 6.54 Å². The minimum absolute atomic E-state index is 0.183. The number of aliphatic imine (C=N–C) groups is 1. The molecule has 2 unspecified atom stereocenters. The van der Waals surface area contributed by atoms with Crippen molar-refractivity contribution in [3.05, 3.63) is 52.9 Å². The molecule has 158 valence electrons. The summed E-state index contributed by atoms with van der Waals surface area (Å²) < 4.78 is 23.1. The molecule has 1 aromatic heterocycles. The summed E-state index contributed by atoms with van der Waals surface area (Å²) in [5, 5.41) is 8.60. The quantitative estimate of drug-likeness (QED) is 0.539. The van der Waals surface area contributed by atoms with Crippen molar-refractivity contribution >= 4 is 27.3 Å². The molecular weight excluding hydrogens is 404 g/mol. The Morgan fingerprint density at radius 2 is 2.00 bits per heavy atom. The normalized spacial score (nSPS) is 20.7. The van der Waals surface area contributed by atoms with E-state index in [0.29, 0.717) is 18.4 Å². The molecule has 1 fully saturated rings. The van der Waals surface area contributed by atoms with Gasteiger partial charge in [-0.3, -0.25) is 0 Å². The van der Waals surface area contributed by atoms with Crippen molar-refractivity contribution in [3.63, 3.8) is 0 Å². The van der Waals surface area contributed by atoms with Crippen molar-refractivity contribution in [1.29, 1.82) is 0 Å². The molecule has 8 heteroatoms. The van der Waals surface area contributed by atoms with Crippen LogP contribution in [0.3, 0.4) is 0 Å². The minimum Gasteiger partial charge on any atom is -0.357 e. The smallest absolute Gasteiger partial charge is 0.247 e. The van der Waals surface area contributed by atoms with Crippen molar-refractivity contribution in [2.75, 3.05) is 19.6 Å². The van der Waals surface area contributed by atoms with Gasteiger partial charge in [0.2, 0.25) is 10.0 Å². The van der Waals surface area contributed by atoms with Gasteiger partial charge >= 0.3 is 0 Å². The van der Waals surface area contributed by atoms with Gasteiger partial charge in [-0.05, 0) is 42.9 Å². The predicted molar refractivity (Wildman–Crippen MR) is 120 cm³/mol. The molecule has 1 aromatic carbocycles. The maximum Gasteiger partial charge on any atom is 0.247 e. The summed E-state index contributed by atoms with van der Waals surface area (Å²) in [5.74, 6) is 2.05. The monoisotopic (exact) mass is 434 g/mol. The molecule has 3 N–H and O–H groups in total. The summed E-state index contributed by atoms with van der Waals surface area (Å²) in [6, 6.07) is 14.1. The number of hydrogen-bond acceptors (Lipinski definition) is 4. The van der Waals surface area contributed by atoms with E-state index in [4.69, 9.17) is 10.1 Å². The van der Waals surface area contributed by atoms with Crippen LogP contribution in [0.1, 0.15) is 43.0 Å². The Labute approximate surface area is 177 Å². The molecule has 0 spiro atoms. The number of guanidine groups is 1. The zero-order chi connectivity index (χ0) is 20.9. The molecule has 3 rings (SSSR count). The van der Waals surface area contributed by atoms with E-state index < -0.39 is 10.0 Å². The number of nitrogens with one attached hydrogen (secondary N) is 1. The number of hydrogen-bond donors (Lipinski definition) is 2. The van der Waals surface area contributed by atoms with Crippen LogP contribution in [0.2, 0.25) is 0 Å². The second kappa shape index (κ2) is 9.73. The fraction of sp³-hybridized carbons (Fsp3) is 0.476. The van der Waals surface area contributed by atoms with E-state index in [-0.39, 0.29) is 4.21 Å². The van der Waals surface area contributed by atoms with Crippen LogP contribution in [0.15, 0.2) is 51.7 Å². The molecule has 29 heavy (non-hydrogen) atoms. The fourth-order valence-corrected chi connectivity index (χ4v) is 5.66. The van der Waals surface area contributed by atoms with Gasteiger partial charge in [0.25, 0.3) is 0 Å². The zero-order valence-electron chi connectivity index (χ0n) is 17.0. The van der Waals surface area contributed by atoms with Crippen molar-refractivity contribution in [3.8, 4) is 0 Å². The number of sulfonamides is 1. The second-order valence-electron chi connectivity index (χ2n) is 7.36. The van der Waals surface area contributed by atoms with Crippen LogP contribution in [-0.2, 0) is 16.6 Å². The molecule has 6 nitrogen and oxygen atoms in total. The molecule has 1 aliphatic heterocycles. The Morgan fingerprint density at radius 3 is 2.62 bits per heavy atom. The molecule has 1 aliphatic rings. The first-order chi connectivity index (χ1) is 13.9. The van der Waals surface area contributed by atoms with E-state index >= 15 is 0 Å². The van der Waals surface area contributed by atoms with E-state index in [1.807, 2.05) is 0 Å². The molecule has 0 radical (unpaired) electrons. The van der Waals surface area contributed by atoms with Crippen LogP contribution < -0.4 is 10.5 Å². The molecule has 0 amide bonds. The van der Waals surface area contributed by atoms with Gasteiger partial charge in [0.1, 0.15) is 4.21 Å². The molecule has 2 atom stereocenters. The van der Waals surface area contributed by atoms with Gasteiger partial charge < -0.3 is 10.2 Å². The van der Waals surface area contributed by atoms with Crippen LogP contribution in [0.5, 0.6) is 0 Å². The number of rotatable bonds is 6. The largest absolute Gasteiger partial charge is 0.357 e. The van der Waals surface area contributed by atoms with Gasteiger partial charge in [0.15, 0.2) is 5.96 Å². The average Bonchev–Trinajstić information content (AvgIpc) is 3.21. The van der Waals surface area contributed by atoms with E-state index in [1.54, 1.807) is 12.1 Å². The minimum atomic E-state index is -3.65. The highest BCUT2D eigenvalue weighted by Crippen LogP contribution is 2.35. The van der Waals surface area contributed by atoms with Crippen LogP contribution in [-0.4, -0.2) is 38.9 Å². The van der Waals surface area contributed by atoms with Gasteiger partial charge in [-0.1, -0.05) is 43.7 Å². The lowest BCUT2D eigenvalue weighted by atomic mass is 9.79. The van der Waals surface area contributed by atoms with E-state index in [1.165, 1.54) is 16.9 Å². The standard InChI is InChI=1S/C21H30N4O2S2/c1-3-16-15-25(13-12-19(16)17-8-6-5-7-9-17)21(23-4-2)24-14-18-10-11-20(28-18)29(22,26)27/h5-11,16,19H,3-4,12-15H2,1-2H3,(H,23,24)(H2,22,26,27). The van der Waals surface area contributed by atoms with Crippen LogP contribution in [0.25, 0.3) is 0 Å². The van der Waals surface area contributed by atoms with Crippen molar-refractivity contribution in [2.45, 2.75) is 43.4 Å². The first kappa shape index (κ1) is 21.8. The third-order valence-corrected chi connectivity index (χ3v) is 7.93. The summed E-state index contributed by atoms with van der Waals surface area (Å²) in [6.07, 6.45) is 2.22. The Bertz CT molecular complexity index is 925. The highest BCUT2D eigenvalue weighted by atomic mass is 32.2. The van der Waals surface area contributed by atoms with Crippen LogP contribution >= 0.6 is 11.3 Å². The van der Waals surface area contributed by atoms with Crippen molar-refractivity contribution in [1.82, 2.24) is 10.2 Å². The lowest BCUT2D eigenvalue weighted by molar-refractivity contribution is 0.215. The second-order valence-corrected chi connectivity index (χ2v) is 10.3. The number of nitrogens with zero attached hydrogens (tertiary/aromatic N) is 2. The third-order valence-electron chi connectivity index (χ3n) is 5.42. The summed E-state index contributed by atoms with van der Waals surface area (Å²) in [4.78, 5) is 8.00. The number of nitrogens with two attached hydrogens (primary N) is 1. The Balaban J connectivity index is 1.72. The third kappa shape index (κ3) is 5.58. The number of primary sulfonamides is 1. The summed E-state index contributed by atoms with van der Waals surface area (Å²) in [5.41, 5.74) is 1.43. The molecular formula is C21H30N4O2S2. The average molecular weight is 435 g/mol. The predicted octanol–water partition coefficient (Wildman–Crippen LogP) is 3.38. The summed E-state index contributed by atoms with van der Waals surface area (Å²) in [7, 11) is -3.65. The Kier molecular flexibility index (Phi) is 7.32.